The fraction of sp³-hybridized carbons (Fsp3) is 0.312. The minimum atomic E-state index is -3.70. The molecule has 0 aliphatic heterocycles. The van der Waals surface area contributed by atoms with Gasteiger partial charge in [0.2, 0.25) is 10.0 Å². The van der Waals surface area contributed by atoms with Crippen LogP contribution in [0.1, 0.15) is 16.1 Å². The van der Waals surface area contributed by atoms with Crippen LogP contribution in [0.15, 0.2) is 41.6 Å². The molecule has 0 unspecified atom stereocenters. The van der Waals surface area contributed by atoms with Crippen LogP contribution in [-0.2, 0) is 21.2 Å². The highest BCUT2D eigenvalue weighted by Crippen LogP contribution is 2.09. The van der Waals surface area contributed by atoms with Gasteiger partial charge in [-0.3, -0.25) is 4.79 Å². The summed E-state index contributed by atoms with van der Waals surface area (Å²) < 4.78 is 27.4. The lowest BCUT2D eigenvalue weighted by Gasteiger charge is -2.08. The molecule has 0 radical (unpaired) electrons. The van der Waals surface area contributed by atoms with Gasteiger partial charge in [0.05, 0.1) is 11.5 Å². The summed E-state index contributed by atoms with van der Waals surface area (Å²) in [6, 6.07) is 7.76. The van der Waals surface area contributed by atoms with Crippen molar-refractivity contribution in [3.63, 3.8) is 0 Å². The molecule has 0 spiro atoms. The van der Waals surface area contributed by atoms with Crippen molar-refractivity contribution in [1.82, 2.24) is 15.3 Å². The molecule has 0 fully saturated rings. The Morgan fingerprint density at radius 1 is 1.19 bits per heavy atom. The highest BCUT2D eigenvalue weighted by molar-refractivity contribution is 7.89. The lowest BCUT2D eigenvalue weighted by Crippen LogP contribution is -2.26. The van der Waals surface area contributed by atoms with E-state index in [1.165, 1.54) is 18.5 Å². The van der Waals surface area contributed by atoms with Crippen molar-refractivity contribution in [2.75, 3.05) is 32.1 Å². The lowest BCUT2D eigenvalue weighted by molar-refractivity contribution is 0.0949. The molecule has 0 bridgehead atoms. The van der Waals surface area contributed by atoms with Gasteiger partial charge in [-0.15, -0.1) is 0 Å². The Hall–Kier alpha value is -2.56. The van der Waals surface area contributed by atoms with E-state index in [2.05, 4.69) is 20.6 Å². The fourth-order valence-electron chi connectivity index (χ4n) is 2.12. The van der Waals surface area contributed by atoms with Crippen LogP contribution in [0.4, 0.5) is 5.82 Å². The van der Waals surface area contributed by atoms with Crippen LogP contribution < -0.4 is 15.8 Å². The third-order valence-electron chi connectivity index (χ3n) is 3.46. The van der Waals surface area contributed by atoms with E-state index in [1.54, 1.807) is 25.3 Å². The number of methoxy groups -OCH3 is 1. The zero-order valence-electron chi connectivity index (χ0n) is 14.3. The summed E-state index contributed by atoms with van der Waals surface area (Å²) >= 11 is 0. The number of nitrogens with one attached hydrogen (secondary N) is 2. The van der Waals surface area contributed by atoms with E-state index in [9.17, 15) is 13.2 Å². The topological polar surface area (TPSA) is 136 Å². The number of aromatic nitrogens is 2. The Labute approximate surface area is 152 Å². The van der Waals surface area contributed by atoms with Gasteiger partial charge < -0.3 is 15.4 Å². The van der Waals surface area contributed by atoms with Crippen LogP contribution >= 0.6 is 0 Å². The molecule has 2 rings (SSSR count). The molecule has 1 aromatic carbocycles. The SMILES string of the molecule is COCCNc1cc(C(=O)NCCc2ccc(S(N)(=O)=O)cc2)ncn1. The molecule has 2 aromatic rings. The van der Waals surface area contributed by atoms with Gasteiger partial charge in [-0.1, -0.05) is 12.1 Å². The smallest absolute Gasteiger partial charge is 0.270 e. The maximum atomic E-state index is 12.2. The number of ether oxygens (including phenoxy) is 1. The molecule has 0 saturated heterocycles. The second kappa shape index (κ2) is 9.22. The summed E-state index contributed by atoms with van der Waals surface area (Å²) in [5, 5.41) is 10.8. The molecular formula is C16H21N5O4S. The summed E-state index contributed by atoms with van der Waals surface area (Å²) in [5.74, 6) is 0.226. The number of amides is 1. The monoisotopic (exact) mass is 379 g/mol. The molecular weight excluding hydrogens is 358 g/mol. The Balaban J connectivity index is 1.86. The van der Waals surface area contributed by atoms with Gasteiger partial charge >= 0.3 is 0 Å². The van der Waals surface area contributed by atoms with Crippen LogP contribution in [0.3, 0.4) is 0 Å². The van der Waals surface area contributed by atoms with E-state index in [4.69, 9.17) is 9.88 Å². The Morgan fingerprint density at radius 2 is 1.92 bits per heavy atom. The largest absolute Gasteiger partial charge is 0.383 e. The summed E-state index contributed by atoms with van der Waals surface area (Å²) in [5.41, 5.74) is 1.13. The van der Waals surface area contributed by atoms with Gasteiger partial charge in [0, 0.05) is 26.3 Å². The van der Waals surface area contributed by atoms with Crippen LogP contribution in [-0.4, -0.2) is 51.1 Å². The summed E-state index contributed by atoms with van der Waals surface area (Å²) in [4.78, 5) is 20.2. The maximum absolute atomic E-state index is 12.2. The van der Waals surface area contributed by atoms with Gasteiger partial charge in [-0.05, 0) is 24.1 Å². The van der Waals surface area contributed by atoms with Gasteiger partial charge in [-0.2, -0.15) is 0 Å². The molecule has 1 amide bonds. The highest BCUT2D eigenvalue weighted by Gasteiger charge is 2.09. The van der Waals surface area contributed by atoms with Crippen molar-refractivity contribution in [2.45, 2.75) is 11.3 Å². The van der Waals surface area contributed by atoms with Crippen LogP contribution in [0.2, 0.25) is 0 Å². The van der Waals surface area contributed by atoms with Gasteiger partial charge in [0.25, 0.3) is 5.91 Å². The number of carbonyl (C=O) groups is 1. The molecule has 10 heteroatoms. The van der Waals surface area contributed by atoms with Crippen LogP contribution in [0.25, 0.3) is 0 Å². The number of benzene rings is 1. The summed E-state index contributed by atoms with van der Waals surface area (Å²) in [6.45, 7) is 1.48. The van der Waals surface area contributed by atoms with Crippen molar-refractivity contribution >= 4 is 21.7 Å². The second-order valence-corrected chi connectivity index (χ2v) is 6.96. The average molecular weight is 379 g/mol. The number of primary sulfonamides is 1. The number of sulfonamides is 1. The number of rotatable bonds is 9. The molecule has 140 valence electrons. The Kier molecular flexibility index (Phi) is 7.01. The second-order valence-electron chi connectivity index (χ2n) is 5.40. The molecule has 1 aromatic heterocycles. The van der Waals surface area contributed by atoms with E-state index in [1.807, 2.05) is 0 Å². The van der Waals surface area contributed by atoms with Crippen molar-refractivity contribution in [1.29, 1.82) is 0 Å². The Bertz CT molecular complexity index is 840. The number of hydrogen-bond acceptors (Lipinski definition) is 7. The van der Waals surface area contributed by atoms with Crippen molar-refractivity contribution < 1.29 is 17.9 Å². The predicted molar refractivity (Wildman–Crippen MR) is 96.3 cm³/mol. The third kappa shape index (κ3) is 6.06. The van der Waals surface area contributed by atoms with Crippen molar-refractivity contribution in [3.05, 3.63) is 47.9 Å². The normalized spacial score (nSPS) is 11.2. The third-order valence-corrected chi connectivity index (χ3v) is 4.39. The van der Waals surface area contributed by atoms with E-state index >= 15 is 0 Å². The highest BCUT2D eigenvalue weighted by atomic mass is 32.2. The van der Waals surface area contributed by atoms with Crippen molar-refractivity contribution in [2.24, 2.45) is 5.14 Å². The molecule has 0 atom stereocenters. The fourth-order valence-corrected chi connectivity index (χ4v) is 2.63. The van der Waals surface area contributed by atoms with Crippen LogP contribution in [0.5, 0.6) is 0 Å². The molecule has 4 N–H and O–H groups in total. The minimum absolute atomic E-state index is 0.0553. The standard InChI is InChI=1S/C16H21N5O4S/c1-25-9-8-18-15-10-14(20-11-21-15)16(22)19-7-6-12-2-4-13(5-3-12)26(17,23)24/h2-5,10-11H,6-9H2,1H3,(H,19,22)(H2,17,23,24)(H,18,20,21). The van der Waals surface area contributed by atoms with Gasteiger partial charge in [-0.25, -0.2) is 23.5 Å². The number of carbonyl (C=O) groups excluding carboxylic acids is 1. The Morgan fingerprint density at radius 3 is 2.58 bits per heavy atom. The average Bonchev–Trinajstić information content (AvgIpc) is 2.62. The first-order chi connectivity index (χ1) is 12.4. The number of nitrogens with zero attached hydrogens (tertiary/aromatic N) is 2. The van der Waals surface area contributed by atoms with Crippen LogP contribution in [0, 0.1) is 0 Å². The van der Waals surface area contributed by atoms with Gasteiger partial charge in [0.1, 0.15) is 17.8 Å². The van der Waals surface area contributed by atoms with Gasteiger partial charge in [0.15, 0.2) is 0 Å². The summed E-state index contributed by atoms with van der Waals surface area (Å²) in [7, 11) is -2.10. The first kappa shape index (κ1) is 19.8. The summed E-state index contributed by atoms with van der Waals surface area (Å²) in [6.07, 6.45) is 1.86. The van der Waals surface area contributed by atoms with Crippen molar-refractivity contribution in [3.8, 4) is 0 Å². The molecule has 1 heterocycles. The molecule has 0 aliphatic rings. The first-order valence-corrected chi connectivity index (χ1v) is 9.39. The van der Waals surface area contributed by atoms with E-state index in [0.717, 1.165) is 5.56 Å². The zero-order chi connectivity index (χ0) is 19.0. The molecule has 0 saturated carbocycles. The number of hydrogen-bond donors (Lipinski definition) is 3. The number of nitrogens with two attached hydrogens (primary N) is 1. The predicted octanol–water partition coefficient (Wildman–Crippen LogP) is 0.155. The quantitative estimate of drug-likeness (QED) is 0.528. The molecule has 0 aliphatic carbocycles. The number of anilines is 1. The lowest BCUT2D eigenvalue weighted by atomic mass is 10.1. The minimum Gasteiger partial charge on any atom is -0.383 e. The molecule has 26 heavy (non-hydrogen) atoms. The zero-order valence-corrected chi connectivity index (χ0v) is 15.1. The van der Waals surface area contributed by atoms with E-state index in [0.29, 0.717) is 31.9 Å². The molecule has 9 nitrogen and oxygen atoms in total. The van der Waals surface area contributed by atoms with E-state index in [-0.39, 0.29) is 16.5 Å². The first-order valence-electron chi connectivity index (χ1n) is 7.85. The maximum Gasteiger partial charge on any atom is 0.270 e. The van der Waals surface area contributed by atoms with E-state index < -0.39 is 10.0 Å².